The molecule has 0 fully saturated rings. The molecule has 0 saturated carbocycles. The van der Waals surface area contributed by atoms with Gasteiger partial charge in [-0.2, -0.15) is 18.3 Å². The zero-order valence-corrected chi connectivity index (χ0v) is 19.4. The molecule has 0 aliphatic rings. The van der Waals surface area contributed by atoms with Crippen LogP contribution in [-0.2, 0) is 39.3 Å². The third-order valence-corrected chi connectivity index (χ3v) is 3.45. The summed E-state index contributed by atoms with van der Waals surface area (Å²) in [4.78, 5) is 12.4. The van der Waals surface area contributed by atoms with Crippen LogP contribution >= 0.6 is 0 Å². The van der Waals surface area contributed by atoms with Crippen LogP contribution in [-0.4, -0.2) is 21.1 Å². The van der Waals surface area contributed by atoms with Crippen LogP contribution in [0, 0.1) is 14.4 Å². The van der Waals surface area contributed by atoms with Gasteiger partial charge >= 0.3 is 6.18 Å². The van der Waals surface area contributed by atoms with E-state index in [2.05, 4.69) is 5.10 Å². The molecule has 4 nitrogen and oxygen atoms in total. The summed E-state index contributed by atoms with van der Waals surface area (Å²) in [6, 6.07) is 6.71. The van der Waals surface area contributed by atoms with Gasteiger partial charge in [-0.3, -0.25) is 4.79 Å². The molecule has 2 aromatic rings. The maximum absolute atomic E-state index is 12.7. The van der Waals surface area contributed by atoms with Gasteiger partial charge in [0.05, 0.1) is 5.56 Å². The second-order valence-electron chi connectivity index (χ2n) is 5.66. The molecule has 1 heterocycles. The fourth-order valence-electron chi connectivity index (χ4n) is 2.34. The smallest absolute Gasteiger partial charge is 0.408 e. The maximum atomic E-state index is 12.7. The first-order valence-corrected chi connectivity index (χ1v) is 8.08. The zero-order valence-electron chi connectivity index (χ0n) is 16.6. The van der Waals surface area contributed by atoms with E-state index in [1.165, 1.54) is 0 Å². The molecular weight excluding hydrogens is 434 g/mol. The zero-order chi connectivity index (χ0) is 19.4. The number of aromatic nitrogens is 2. The quantitative estimate of drug-likeness (QED) is 0.650. The van der Waals surface area contributed by atoms with Crippen LogP contribution in [0.5, 0.6) is 5.75 Å². The third kappa shape index (κ3) is 7.03. The summed E-state index contributed by atoms with van der Waals surface area (Å²) in [5, 5.41) is 14.1. The van der Waals surface area contributed by atoms with Crippen molar-refractivity contribution in [2.45, 2.75) is 53.3 Å². The van der Waals surface area contributed by atoms with Crippen LogP contribution in [0.25, 0.3) is 11.1 Å². The molecule has 1 aromatic carbocycles. The van der Waals surface area contributed by atoms with Gasteiger partial charge in [0, 0.05) is 38.6 Å². The van der Waals surface area contributed by atoms with Gasteiger partial charge in [0.1, 0.15) is 12.2 Å². The van der Waals surface area contributed by atoms with E-state index >= 15 is 0 Å². The predicted octanol–water partition coefficient (Wildman–Crippen LogP) is 5.08. The molecule has 2 rings (SSSR count). The van der Waals surface area contributed by atoms with Crippen molar-refractivity contribution in [3.63, 3.8) is 0 Å². The second-order valence-corrected chi connectivity index (χ2v) is 5.66. The predicted molar refractivity (Wildman–Crippen MR) is 98.2 cm³/mol. The van der Waals surface area contributed by atoms with Gasteiger partial charge < -0.3 is 12.5 Å². The number of benzene rings is 1. The van der Waals surface area contributed by atoms with E-state index in [1.54, 1.807) is 45.0 Å². The number of halogens is 3. The Morgan fingerprint density at radius 2 is 1.70 bits per heavy atom. The Labute approximate surface area is 183 Å². The Balaban J connectivity index is 0. The van der Waals surface area contributed by atoms with Crippen LogP contribution in [0.15, 0.2) is 29.1 Å². The monoisotopic (exact) mass is 460 g/mol. The first-order chi connectivity index (χ1) is 11.6. The molecule has 0 bridgehead atoms. The minimum absolute atomic E-state index is 0. The fourth-order valence-corrected chi connectivity index (χ4v) is 2.34. The van der Waals surface area contributed by atoms with E-state index in [-0.39, 0.29) is 63.1 Å². The number of aromatic hydroxyl groups is 1. The van der Waals surface area contributed by atoms with Gasteiger partial charge in [-0.05, 0) is 18.1 Å². The van der Waals surface area contributed by atoms with Crippen molar-refractivity contribution in [3.8, 4) is 16.9 Å². The first kappa shape index (κ1) is 28.0. The Bertz CT molecular complexity index is 787. The van der Waals surface area contributed by atoms with Crippen molar-refractivity contribution in [2.24, 2.45) is 0 Å². The van der Waals surface area contributed by atoms with E-state index in [0.717, 1.165) is 0 Å². The normalized spacial score (nSPS) is 10.4. The number of hydrogen-bond donors (Lipinski definition) is 1. The first-order valence-electron chi connectivity index (χ1n) is 8.08. The van der Waals surface area contributed by atoms with Gasteiger partial charge in [-0.1, -0.05) is 52.0 Å². The van der Waals surface area contributed by atoms with Crippen molar-refractivity contribution < 1.29 is 51.0 Å². The van der Waals surface area contributed by atoms with Crippen molar-refractivity contribution in [3.05, 3.63) is 53.3 Å². The minimum atomic E-state index is -4.58. The summed E-state index contributed by atoms with van der Waals surface area (Å²) in [7, 11) is 0. The van der Waals surface area contributed by atoms with Crippen LogP contribution in [0.1, 0.15) is 44.9 Å². The molecule has 0 amide bonds. The van der Waals surface area contributed by atoms with Crippen molar-refractivity contribution in [2.75, 3.05) is 0 Å². The van der Waals surface area contributed by atoms with Gasteiger partial charge in [0.2, 0.25) is 0 Å². The van der Waals surface area contributed by atoms with E-state index in [9.17, 15) is 23.1 Å². The largest absolute Gasteiger partial charge is 0.505 e. The van der Waals surface area contributed by atoms with Crippen LogP contribution in [0.4, 0.5) is 13.2 Å². The third-order valence-electron chi connectivity index (χ3n) is 3.45. The minimum Gasteiger partial charge on any atom is -0.505 e. The van der Waals surface area contributed by atoms with E-state index < -0.39 is 18.3 Å². The second kappa shape index (κ2) is 11.6. The molecule has 1 aromatic heterocycles. The molecule has 0 aliphatic carbocycles. The van der Waals surface area contributed by atoms with Gasteiger partial charge in [-0.25, -0.2) is 4.68 Å². The number of nitrogens with zero attached hydrogens (tertiary/aromatic N) is 2. The number of alkyl halides is 3. The molecular formula is C19H26F3N2O2Y-. The number of aryl methyl sites for hydroxylation is 1. The topological polar surface area (TPSA) is 55.1 Å². The average molecular weight is 460 g/mol. The van der Waals surface area contributed by atoms with Crippen molar-refractivity contribution in [1.29, 1.82) is 0 Å². The summed E-state index contributed by atoms with van der Waals surface area (Å²) < 4.78 is 38.5. The van der Waals surface area contributed by atoms with E-state index in [4.69, 9.17) is 0 Å². The molecule has 0 aliphatic heterocycles. The average Bonchev–Trinajstić information content (AvgIpc) is 2.52. The molecule has 0 atom stereocenters. The molecule has 27 heavy (non-hydrogen) atoms. The SMILES string of the molecule is CC.Cc1ccccc1-c1c(O)c(C(C)C)nn(CC(F)(F)F)c1=O.[CH3-].[Y]. The van der Waals surface area contributed by atoms with Gasteiger partial charge in [0.15, 0.2) is 5.75 Å². The van der Waals surface area contributed by atoms with E-state index in [1.807, 2.05) is 13.8 Å². The molecule has 0 unspecified atom stereocenters. The fraction of sp³-hybridized carbons (Fsp3) is 0.421. The number of rotatable bonds is 3. The summed E-state index contributed by atoms with van der Waals surface area (Å²) >= 11 is 0. The van der Waals surface area contributed by atoms with Crippen LogP contribution in [0.3, 0.4) is 0 Å². The Morgan fingerprint density at radius 1 is 1.19 bits per heavy atom. The van der Waals surface area contributed by atoms with Crippen LogP contribution < -0.4 is 5.56 Å². The molecule has 0 saturated heterocycles. The molecule has 149 valence electrons. The van der Waals surface area contributed by atoms with Gasteiger partial charge in [-0.15, -0.1) is 0 Å². The molecule has 1 N–H and O–H groups in total. The standard InChI is InChI=1S/C16H17F3N2O2.C2H6.CH3.Y/c1-9(2)13-14(22)12(11-7-5-4-6-10(11)3)15(23)21(20-13)8-16(17,18)19;1-2;;/h4-7,9,22H,8H2,1-3H3;1-2H3;1H3;/q;;-1;. The van der Waals surface area contributed by atoms with Crippen LogP contribution in [0.2, 0.25) is 0 Å². The molecule has 1 radical (unpaired) electrons. The summed E-state index contributed by atoms with van der Waals surface area (Å²) in [6.07, 6.45) is -4.58. The summed E-state index contributed by atoms with van der Waals surface area (Å²) in [5.74, 6) is -0.699. The maximum Gasteiger partial charge on any atom is 0.408 e. The Hall–Kier alpha value is -1.21. The summed E-state index contributed by atoms with van der Waals surface area (Å²) in [6.45, 7) is 7.60. The number of hydrogen-bond acceptors (Lipinski definition) is 3. The van der Waals surface area contributed by atoms with Gasteiger partial charge in [0.25, 0.3) is 5.56 Å². The molecule has 8 heteroatoms. The summed E-state index contributed by atoms with van der Waals surface area (Å²) in [5.41, 5.74) is 0.0336. The van der Waals surface area contributed by atoms with Crippen molar-refractivity contribution in [1.82, 2.24) is 9.78 Å². The van der Waals surface area contributed by atoms with E-state index in [0.29, 0.717) is 15.8 Å². The molecule has 0 spiro atoms. The van der Waals surface area contributed by atoms with Crippen molar-refractivity contribution >= 4 is 0 Å². The Kier molecular flexibility index (Phi) is 12.0. The Morgan fingerprint density at radius 3 is 2.15 bits per heavy atom.